The molecule has 0 unspecified atom stereocenters. The van der Waals surface area contributed by atoms with E-state index in [0.717, 1.165) is 65.5 Å². The van der Waals surface area contributed by atoms with Crippen LogP contribution in [0.5, 0.6) is 0 Å². The largest absolute Gasteiger partial charge is 0.371 e. The summed E-state index contributed by atoms with van der Waals surface area (Å²) in [4.78, 5) is 15.0. The van der Waals surface area contributed by atoms with Crippen molar-refractivity contribution in [2.24, 2.45) is 0 Å². The van der Waals surface area contributed by atoms with Crippen molar-refractivity contribution in [3.05, 3.63) is 90.6 Å². The molecule has 204 valence electrons. The number of nitrogens with zero attached hydrogens (tertiary/aromatic N) is 6. The Hall–Kier alpha value is -4.23. The third kappa shape index (κ3) is 5.17. The molecule has 1 fully saturated rings. The first-order chi connectivity index (χ1) is 19.6. The quantitative estimate of drug-likeness (QED) is 0.236. The molecule has 1 aliphatic heterocycles. The van der Waals surface area contributed by atoms with Crippen LogP contribution >= 0.6 is 0 Å². The van der Waals surface area contributed by atoms with E-state index in [1.54, 1.807) is 0 Å². The zero-order valence-corrected chi connectivity index (χ0v) is 23.6. The number of hydrogen-bond donors (Lipinski definition) is 1. The second-order valence-corrected chi connectivity index (χ2v) is 10.5. The molecule has 0 spiro atoms. The summed E-state index contributed by atoms with van der Waals surface area (Å²) in [6.45, 7) is 11.1. The third-order valence-electron chi connectivity index (χ3n) is 8.11. The van der Waals surface area contributed by atoms with Crippen LogP contribution in [-0.2, 0) is 0 Å². The minimum atomic E-state index is 0.665. The lowest BCUT2D eigenvalue weighted by atomic mass is 10.0. The number of anilines is 3. The summed E-state index contributed by atoms with van der Waals surface area (Å²) >= 11 is 0. The fraction of sp³-hybridized carbons (Fsp3) is 0.303. The summed E-state index contributed by atoms with van der Waals surface area (Å²) in [6.07, 6.45) is 4.28. The molecule has 7 heteroatoms. The van der Waals surface area contributed by atoms with Gasteiger partial charge in [-0.05, 0) is 68.8 Å². The molecule has 0 atom stereocenters. The third-order valence-corrected chi connectivity index (χ3v) is 8.11. The van der Waals surface area contributed by atoms with Crippen molar-refractivity contribution in [2.45, 2.75) is 39.7 Å². The van der Waals surface area contributed by atoms with Crippen LogP contribution in [0.3, 0.4) is 0 Å². The SMILES string of the molecule is CCN(CC)C1CCN(c2ccc(-n3ncc4c(Nc5ccccc5C)nc(-c5ccccc5)nc43)cc2)CC1. The van der Waals surface area contributed by atoms with Gasteiger partial charge in [-0.2, -0.15) is 5.10 Å². The maximum atomic E-state index is 4.99. The lowest BCUT2D eigenvalue weighted by molar-refractivity contribution is 0.186. The number of piperidine rings is 1. The summed E-state index contributed by atoms with van der Waals surface area (Å²) in [6, 6.07) is 27.8. The Morgan fingerprint density at radius 3 is 2.20 bits per heavy atom. The van der Waals surface area contributed by atoms with Gasteiger partial charge in [0.25, 0.3) is 0 Å². The molecule has 0 aliphatic carbocycles. The second-order valence-electron chi connectivity index (χ2n) is 10.5. The van der Waals surface area contributed by atoms with Crippen molar-refractivity contribution in [1.29, 1.82) is 0 Å². The average molecular weight is 532 g/mol. The highest BCUT2D eigenvalue weighted by Gasteiger charge is 2.23. The van der Waals surface area contributed by atoms with Gasteiger partial charge in [0.05, 0.1) is 17.3 Å². The molecule has 3 heterocycles. The summed E-state index contributed by atoms with van der Waals surface area (Å²) in [5.41, 5.74) is 6.16. The summed E-state index contributed by atoms with van der Waals surface area (Å²) in [7, 11) is 0. The van der Waals surface area contributed by atoms with Gasteiger partial charge in [-0.15, -0.1) is 0 Å². The number of benzene rings is 3. The Morgan fingerprint density at radius 1 is 0.825 bits per heavy atom. The Balaban J connectivity index is 1.32. The van der Waals surface area contributed by atoms with Crippen LogP contribution in [0.4, 0.5) is 17.2 Å². The Kier molecular flexibility index (Phi) is 7.47. The fourth-order valence-corrected chi connectivity index (χ4v) is 5.78. The molecule has 0 saturated carbocycles. The molecule has 7 nitrogen and oxygen atoms in total. The van der Waals surface area contributed by atoms with Crippen LogP contribution in [0.15, 0.2) is 85.1 Å². The van der Waals surface area contributed by atoms with Crippen LogP contribution in [0.1, 0.15) is 32.3 Å². The van der Waals surface area contributed by atoms with Crippen molar-refractivity contribution in [3.63, 3.8) is 0 Å². The first kappa shape index (κ1) is 26.0. The Morgan fingerprint density at radius 2 is 1.50 bits per heavy atom. The molecular formula is C33H37N7. The molecule has 0 bridgehead atoms. The first-order valence-electron chi connectivity index (χ1n) is 14.4. The van der Waals surface area contributed by atoms with Crippen LogP contribution in [0.25, 0.3) is 28.1 Å². The van der Waals surface area contributed by atoms with E-state index < -0.39 is 0 Å². The fourth-order valence-electron chi connectivity index (χ4n) is 5.78. The van der Waals surface area contributed by atoms with Gasteiger partial charge < -0.3 is 15.1 Å². The number of fused-ring (bicyclic) bond motifs is 1. The van der Waals surface area contributed by atoms with Gasteiger partial charge in [0.15, 0.2) is 11.5 Å². The molecule has 1 saturated heterocycles. The molecule has 2 aromatic heterocycles. The van der Waals surface area contributed by atoms with Gasteiger partial charge in [-0.25, -0.2) is 14.6 Å². The van der Waals surface area contributed by atoms with Crippen molar-refractivity contribution in [1.82, 2.24) is 24.6 Å². The van der Waals surface area contributed by atoms with Gasteiger partial charge in [-0.3, -0.25) is 0 Å². The number of nitrogens with one attached hydrogen (secondary N) is 1. The number of rotatable bonds is 8. The lowest BCUT2D eigenvalue weighted by Crippen LogP contribution is -2.44. The Bertz CT molecular complexity index is 1560. The topological polar surface area (TPSA) is 62.1 Å². The number of hydrogen-bond acceptors (Lipinski definition) is 6. The van der Waals surface area contributed by atoms with Gasteiger partial charge in [0, 0.05) is 36.1 Å². The first-order valence-corrected chi connectivity index (χ1v) is 14.4. The predicted molar refractivity (Wildman–Crippen MR) is 165 cm³/mol. The van der Waals surface area contributed by atoms with Gasteiger partial charge in [-0.1, -0.05) is 62.4 Å². The van der Waals surface area contributed by atoms with E-state index in [1.807, 2.05) is 53.3 Å². The van der Waals surface area contributed by atoms with Crippen LogP contribution in [-0.4, -0.2) is 56.9 Å². The monoisotopic (exact) mass is 531 g/mol. The maximum absolute atomic E-state index is 4.99. The standard InChI is InChI=1S/C33H37N7/c1-4-38(5-2)27-19-21-39(22-20-27)26-15-17-28(18-16-26)40-33-29(23-34-40)32(35-30-14-10-9-11-24(30)3)36-31(37-33)25-12-7-6-8-13-25/h6-18,23,27H,4-5,19-22H2,1-3H3,(H,35,36,37). The molecule has 6 rings (SSSR count). The van der Waals surface area contributed by atoms with Crippen LogP contribution in [0, 0.1) is 6.92 Å². The minimum absolute atomic E-state index is 0.665. The van der Waals surface area contributed by atoms with Crippen LogP contribution < -0.4 is 10.2 Å². The summed E-state index contributed by atoms with van der Waals surface area (Å²) in [5.74, 6) is 1.41. The maximum Gasteiger partial charge on any atom is 0.169 e. The number of aromatic nitrogens is 4. The zero-order chi connectivity index (χ0) is 27.5. The lowest BCUT2D eigenvalue weighted by Gasteiger charge is -2.38. The van der Waals surface area contributed by atoms with E-state index in [2.05, 4.69) is 72.3 Å². The number of para-hydroxylation sites is 1. The number of aryl methyl sites for hydroxylation is 1. The average Bonchev–Trinajstić information content (AvgIpc) is 3.44. The van der Waals surface area contributed by atoms with Gasteiger partial charge >= 0.3 is 0 Å². The molecule has 40 heavy (non-hydrogen) atoms. The highest BCUT2D eigenvalue weighted by atomic mass is 15.3. The molecule has 1 aliphatic rings. The van der Waals surface area contributed by atoms with E-state index in [4.69, 9.17) is 15.1 Å². The van der Waals surface area contributed by atoms with E-state index in [0.29, 0.717) is 11.9 Å². The minimum Gasteiger partial charge on any atom is -0.371 e. The normalized spacial score (nSPS) is 14.2. The molecule has 5 aromatic rings. The van der Waals surface area contributed by atoms with Crippen molar-refractivity contribution in [2.75, 3.05) is 36.4 Å². The smallest absolute Gasteiger partial charge is 0.169 e. The van der Waals surface area contributed by atoms with Gasteiger partial charge in [0.1, 0.15) is 5.82 Å². The highest BCUT2D eigenvalue weighted by Crippen LogP contribution is 2.30. The molecular weight excluding hydrogens is 494 g/mol. The molecule has 0 radical (unpaired) electrons. The van der Waals surface area contributed by atoms with E-state index >= 15 is 0 Å². The Labute approximate surface area is 236 Å². The van der Waals surface area contributed by atoms with Crippen molar-refractivity contribution in [3.8, 4) is 17.1 Å². The summed E-state index contributed by atoms with van der Waals surface area (Å²) in [5, 5.41) is 9.20. The van der Waals surface area contributed by atoms with Crippen LogP contribution in [0.2, 0.25) is 0 Å². The van der Waals surface area contributed by atoms with E-state index in [9.17, 15) is 0 Å². The molecule has 3 aromatic carbocycles. The predicted octanol–water partition coefficient (Wildman–Crippen LogP) is 6.85. The van der Waals surface area contributed by atoms with E-state index in [1.165, 1.54) is 18.5 Å². The van der Waals surface area contributed by atoms with Crippen molar-refractivity contribution >= 4 is 28.2 Å². The van der Waals surface area contributed by atoms with Crippen molar-refractivity contribution < 1.29 is 0 Å². The zero-order valence-electron chi connectivity index (χ0n) is 23.6. The molecule has 1 N–H and O–H groups in total. The van der Waals surface area contributed by atoms with E-state index in [-0.39, 0.29) is 0 Å². The molecule has 0 amide bonds. The summed E-state index contributed by atoms with van der Waals surface area (Å²) < 4.78 is 1.92. The highest BCUT2D eigenvalue weighted by molar-refractivity contribution is 5.91. The van der Waals surface area contributed by atoms with Gasteiger partial charge in [0.2, 0.25) is 0 Å². The second kappa shape index (κ2) is 11.5.